The Morgan fingerprint density at radius 1 is 1.08 bits per heavy atom. The first-order valence-corrected chi connectivity index (χ1v) is 7.97. The van der Waals surface area contributed by atoms with Crippen molar-refractivity contribution in [2.75, 3.05) is 25.1 Å². The molecule has 132 valence electrons. The second-order valence-corrected chi connectivity index (χ2v) is 5.46. The zero-order valence-corrected chi connectivity index (χ0v) is 13.7. The van der Waals surface area contributed by atoms with E-state index in [-0.39, 0.29) is 12.5 Å². The van der Waals surface area contributed by atoms with Gasteiger partial charge < -0.3 is 23.9 Å². The van der Waals surface area contributed by atoms with Gasteiger partial charge in [0.2, 0.25) is 12.3 Å². The van der Waals surface area contributed by atoms with Crippen molar-refractivity contribution in [1.82, 2.24) is 10.2 Å². The number of nitrogens with zero attached hydrogens (tertiary/aromatic N) is 2. The number of nitrogens with one attached hydrogen (secondary N) is 1. The standard InChI is InChI=1S/C18H15N3O5/c22-17(20-13-3-6-15-16(9-13)24-8-7-23-15)10-25-14-4-1-12(2-5-14)18-21-19-11-26-18/h1-6,9,11H,7-8,10H2,(H,20,22). The maximum absolute atomic E-state index is 12.1. The number of rotatable bonds is 5. The van der Waals surface area contributed by atoms with Gasteiger partial charge in [-0.25, -0.2) is 0 Å². The van der Waals surface area contributed by atoms with Gasteiger partial charge in [0.25, 0.3) is 5.91 Å². The maximum Gasteiger partial charge on any atom is 0.262 e. The molecule has 0 spiro atoms. The summed E-state index contributed by atoms with van der Waals surface area (Å²) in [5, 5.41) is 10.2. The summed E-state index contributed by atoms with van der Waals surface area (Å²) in [4.78, 5) is 12.1. The van der Waals surface area contributed by atoms with Crippen LogP contribution in [-0.4, -0.2) is 35.9 Å². The lowest BCUT2D eigenvalue weighted by atomic mass is 10.2. The average molecular weight is 353 g/mol. The average Bonchev–Trinajstić information content (AvgIpc) is 3.21. The molecule has 1 aliphatic rings. The fourth-order valence-corrected chi connectivity index (χ4v) is 2.46. The summed E-state index contributed by atoms with van der Waals surface area (Å²) in [5.74, 6) is 2.00. The van der Waals surface area contributed by atoms with Crippen LogP contribution in [0.4, 0.5) is 5.69 Å². The lowest BCUT2D eigenvalue weighted by molar-refractivity contribution is -0.118. The van der Waals surface area contributed by atoms with Crippen molar-refractivity contribution in [1.29, 1.82) is 0 Å². The van der Waals surface area contributed by atoms with E-state index in [4.69, 9.17) is 18.6 Å². The Morgan fingerprint density at radius 3 is 2.65 bits per heavy atom. The third-order valence-electron chi connectivity index (χ3n) is 3.66. The van der Waals surface area contributed by atoms with E-state index in [2.05, 4.69) is 15.5 Å². The summed E-state index contributed by atoms with van der Waals surface area (Å²) in [6.07, 6.45) is 1.27. The van der Waals surface area contributed by atoms with E-state index in [1.54, 1.807) is 42.5 Å². The monoisotopic (exact) mass is 353 g/mol. The first-order valence-electron chi connectivity index (χ1n) is 7.97. The van der Waals surface area contributed by atoms with Crippen molar-refractivity contribution in [3.8, 4) is 28.7 Å². The van der Waals surface area contributed by atoms with Crippen LogP contribution in [0.25, 0.3) is 11.5 Å². The summed E-state index contributed by atoms with van der Waals surface area (Å²) < 4.78 is 21.5. The number of fused-ring (bicyclic) bond motifs is 1. The van der Waals surface area contributed by atoms with Gasteiger partial charge >= 0.3 is 0 Å². The van der Waals surface area contributed by atoms with Gasteiger partial charge in [-0.15, -0.1) is 10.2 Å². The van der Waals surface area contributed by atoms with Crippen molar-refractivity contribution in [2.24, 2.45) is 0 Å². The minimum absolute atomic E-state index is 0.117. The number of carbonyl (C=O) groups excluding carboxylic acids is 1. The normalized spacial score (nSPS) is 12.5. The number of hydrogen-bond donors (Lipinski definition) is 1. The Hall–Kier alpha value is -3.55. The van der Waals surface area contributed by atoms with E-state index < -0.39 is 0 Å². The maximum atomic E-state index is 12.1. The topological polar surface area (TPSA) is 95.7 Å². The van der Waals surface area contributed by atoms with Gasteiger partial charge in [0, 0.05) is 17.3 Å². The fraction of sp³-hybridized carbons (Fsp3) is 0.167. The molecular weight excluding hydrogens is 338 g/mol. The highest BCUT2D eigenvalue weighted by molar-refractivity contribution is 5.92. The molecule has 1 amide bonds. The number of amides is 1. The van der Waals surface area contributed by atoms with Crippen molar-refractivity contribution >= 4 is 11.6 Å². The van der Waals surface area contributed by atoms with Crippen LogP contribution in [0, 0.1) is 0 Å². The van der Waals surface area contributed by atoms with Crippen LogP contribution in [0.15, 0.2) is 53.3 Å². The van der Waals surface area contributed by atoms with Crippen LogP contribution in [0.1, 0.15) is 0 Å². The van der Waals surface area contributed by atoms with Crippen molar-refractivity contribution in [3.63, 3.8) is 0 Å². The molecule has 0 bridgehead atoms. The molecule has 0 radical (unpaired) electrons. The van der Waals surface area contributed by atoms with Crippen LogP contribution >= 0.6 is 0 Å². The molecule has 0 aliphatic carbocycles. The summed E-state index contributed by atoms with van der Waals surface area (Å²) in [6.45, 7) is 0.902. The quantitative estimate of drug-likeness (QED) is 0.753. The van der Waals surface area contributed by atoms with Crippen molar-refractivity contribution < 1.29 is 23.4 Å². The molecule has 0 fully saturated rings. The molecule has 0 saturated carbocycles. The molecule has 1 N–H and O–H groups in total. The number of ether oxygens (including phenoxy) is 3. The van der Waals surface area contributed by atoms with Crippen LogP contribution in [0.2, 0.25) is 0 Å². The molecule has 4 rings (SSSR count). The summed E-state index contributed by atoms with van der Waals surface area (Å²) in [6, 6.07) is 12.3. The van der Waals surface area contributed by atoms with Gasteiger partial charge in [0.15, 0.2) is 18.1 Å². The molecule has 8 nitrogen and oxygen atoms in total. The van der Waals surface area contributed by atoms with E-state index in [9.17, 15) is 4.79 Å². The largest absolute Gasteiger partial charge is 0.486 e. The third-order valence-corrected chi connectivity index (χ3v) is 3.66. The minimum Gasteiger partial charge on any atom is -0.486 e. The number of anilines is 1. The van der Waals surface area contributed by atoms with E-state index in [1.807, 2.05) is 0 Å². The SMILES string of the molecule is O=C(COc1ccc(-c2nnco2)cc1)Nc1ccc2c(c1)OCCO2. The molecule has 0 saturated heterocycles. The van der Waals surface area contributed by atoms with Gasteiger partial charge in [-0.2, -0.15) is 0 Å². The van der Waals surface area contributed by atoms with E-state index in [0.29, 0.717) is 42.0 Å². The molecule has 0 unspecified atom stereocenters. The zero-order chi connectivity index (χ0) is 17.8. The van der Waals surface area contributed by atoms with Crippen molar-refractivity contribution in [2.45, 2.75) is 0 Å². The molecule has 1 aromatic heterocycles. The molecule has 1 aliphatic heterocycles. The number of aromatic nitrogens is 2. The second kappa shape index (κ2) is 7.14. The van der Waals surface area contributed by atoms with Crippen LogP contribution in [0.3, 0.4) is 0 Å². The van der Waals surface area contributed by atoms with Gasteiger partial charge in [-0.1, -0.05) is 0 Å². The van der Waals surface area contributed by atoms with Crippen molar-refractivity contribution in [3.05, 3.63) is 48.9 Å². The predicted octanol–water partition coefficient (Wildman–Crippen LogP) is 2.53. The second-order valence-electron chi connectivity index (χ2n) is 5.46. The number of hydrogen-bond acceptors (Lipinski definition) is 7. The highest BCUT2D eigenvalue weighted by atomic mass is 16.6. The van der Waals surface area contributed by atoms with E-state index in [0.717, 1.165) is 5.56 Å². The Morgan fingerprint density at radius 2 is 1.88 bits per heavy atom. The van der Waals surface area contributed by atoms with Crippen LogP contribution in [-0.2, 0) is 4.79 Å². The first kappa shape index (κ1) is 15.9. The lowest BCUT2D eigenvalue weighted by Gasteiger charge is -2.19. The number of carbonyl (C=O) groups is 1. The smallest absolute Gasteiger partial charge is 0.262 e. The molecule has 3 aromatic rings. The first-order chi connectivity index (χ1) is 12.8. The highest BCUT2D eigenvalue weighted by Crippen LogP contribution is 2.32. The van der Waals surface area contributed by atoms with Crippen LogP contribution < -0.4 is 19.5 Å². The minimum atomic E-state index is -0.275. The summed E-state index contributed by atoms with van der Waals surface area (Å²) in [7, 11) is 0. The molecule has 8 heteroatoms. The molecule has 0 atom stereocenters. The Bertz CT molecular complexity index is 894. The van der Waals surface area contributed by atoms with Gasteiger partial charge in [0.1, 0.15) is 19.0 Å². The fourth-order valence-electron chi connectivity index (χ4n) is 2.46. The van der Waals surface area contributed by atoms with E-state index in [1.165, 1.54) is 6.39 Å². The summed E-state index contributed by atoms with van der Waals surface area (Å²) >= 11 is 0. The number of benzene rings is 2. The predicted molar refractivity (Wildman–Crippen MR) is 91.3 cm³/mol. The summed E-state index contributed by atoms with van der Waals surface area (Å²) in [5.41, 5.74) is 1.39. The Labute approximate surface area is 148 Å². The third kappa shape index (κ3) is 3.59. The molecule has 26 heavy (non-hydrogen) atoms. The molecule has 2 heterocycles. The highest BCUT2D eigenvalue weighted by Gasteiger charge is 2.13. The molecular formula is C18H15N3O5. The zero-order valence-electron chi connectivity index (χ0n) is 13.7. The van der Waals surface area contributed by atoms with Crippen LogP contribution in [0.5, 0.6) is 17.2 Å². The van der Waals surface area contributed by atoms with Gasteiger partial charge in [-0.3, -0.25) is 4.79 Å². The Kier molecular flexibility index (Phi) is 4.38. The van der Waals surface area contributed by atoms with E-state index >= 15 is 0 Å². The van der Waals surface area contributed by atoms with Gasteiger partial charge in [-0.05, 0) is 36.4 Å². The lowest BCUT2D eigenvalue weighted by Crippen LogP contribution is -2.20. The molecule has 2 aromatic carbocycles. The Balaban J connectivity index is 1.32. The van der Waals surface area contributed by atoms with Gasteiger partial charge in [0.05, 0.1) is 0 Å².